The Morgan fingerprint density at radius 3 is 2.84 bits per heavy atom. The summed E-state index contributed by atoms with van der Waals surface area (Å²) in [6.07, 6.45) is 3.18. The molecule has 0 spiro atoms. The van der Waals surface area contributed by atoms with Gasteiger partial charge in [0.25, 0.3) is 0 Å². The van der Waals surface area contributed by atoms with Gasteiger partial charge in [-0.25, -0.2) is 9.59 Å². The Hall–Kier alpha value is -1.88. The van der Waals surface area contributed by atoms with Crippen LogP contribution in [-0.2, 0) is 19.1 Å². The second-order valence-electron chi connectivity index (χ2n) is 7.72. The molecule has 0 unspecified atom stereocenters. The Balaban J connectivity index is 2.00. The lowest BCUT2D eigenvalue weighted by Gasteiger charge is -2.53. The van der Waals surface area contributed by atoms with Crippen LogP contribution in [0, 0.1) is 17.3 Å². The summed E-state index contributed by atoms with van der Waals surface area (Å²) in [6, 6.07) is 0. The SMILES string of the molecule is C=C1C(=O)O[C@H]2[C@H]1[C@@H](OC(=O)/C(C)=C/C)C[C@]1(C)[C@@H]2C(C)=CC[C@@H]1O. The highest BCUT2D eigenvalue weighted by molar-refractivity contribution is 5.92. The summed E-state index contributed by atoms with van der Waals surface area (Å²) in [5.41, 5.74) is 1.47. The summed E-state index contributed by atoms with van der Waals surface area (Å²) in [7, 11) is 0. The van der Waals surface area contributed by atoms with Crippen LogP contribution >= 0.6 is 0 Å². The van der Waals surface area contributed by atoms with Crippen molar-refractivity contribution in [3.05, 3.63) is 35.5 Å². The van der Waals surface area contributed by atoms with Crippen LogP contribution < -0.4 is 0 Å². The summed E-state index contributed by atoms with van der Waals surface area (Å²) in [5.74, 6) is -1.30. The lowest BCUT2D eigenvalue weighted by atomic mass is 9.54. The Kier molecular flexibility index (Phi) is 4.40. The zero-order chi connectivity index (χ0) is 18.5. The second kappa shape index (κ2) is 6.13. The van der Waals surface area contributed by atoms with Gasteiger partial charge in [-0.1, -0.05) is 31.2 Å². The molecule has 5 nitrogen and oxygen atoms in total. The number of fused-ring (bicyclic) bond motifs is 3. The maximum atomic E-state index is 12.3. The van der Waals surface area contributed by atoms with E-state index < -0.39 is 35.7 Å². The van der Waals surface area contributed by atoms with E-state index in [0.717, 1.165) is 5.57 Å². The van der Waals surface area contributed by atoms with E-state index in [-0.39, 0.29) is 11.8 Å². The van der Waals surface area contributed by atoms with Gasteiger partial charge in [0, 0.05) is 22.5 Å². The van der Waals surface area contributed by atoms with E-state index in [9.17, 15) is 14.7 Å². The first-order valence-electron chi connectivity index (χ1n) is 8.79. The molecule has 6 atom stereocenters. The number of carbonyl (C=O) groups is 2. The molecule has 1 N–H and O–H groups in total. The van der Waals surface area contributed by atoms with E-state index >= 15 is 0 Å². The lowest BCUT2D eigenvalue weighted by molar-refractivity contribution is -0.172. The fraction of sp³-hybridized carbons (Fsp3) is 0.600. The number of ether oxygens (including phenoxy) is 2. The van der Waals surface area contributed by atoms with Gasteiger partial charge in [-0.2, -0.15) is 0 Å². The van der Waals surface area contributed by atoms with Crippen LogP contribution in [-0.4, -0.2) is 35.4 Å². The van der Waals surface area contributed by atoms with Crippen molar-refractivity contribution in [2.45, 2.75) is 58.8 Å². The lowest BCUT2D eigenvalue weighted by Crippen LogP contribution is -2.57. The van der Waals surface area contributed by atoms with E-state index in [4.69, 9.17) is 9.47 Å². The normalized spacial score (nSPS) is 40.8. The van der Waals surface area contributed by atoms with Crippen molar-refractivity contribution in [1.29, 1.82) is 0 Å². The largest absolute Gasteiger partial charge is 0.458 e. The Labute approximate surface area is 148 Å². The third kappa shape index (κ3) is 2.65. The van der Waals surface area contributed by atoms with Crippen molar-refractivity contribution in [3.8, 4) is 0 Å². The fourth-order valence-electron chi connectivity index (χ4n) is 4.66. The third-order valence-corrected chi connectivity index (χ3v) is 6.27. The molecule has 136 valence electrons. The molecule has 0 aromatic carbocycles. The summed E-state index contributed by atoms with van der Waals surface area (Å²) >= 11 is 0. The summed E-state index contributed by atoms with van der Waals surface area (Å²) in [6.45, 7) is 11.4. The molecule has 3 rings (SSSR count). The van der Waals surface area contributed by atoms with Crippen LogP contribution in [0.3, 0.4) is 0 Å². The van der Waals surface area contributed by atoms with Gasteiger partial charge in [0.15, 0.2) is 0 Å². The van der Waals surface area contributed by atoms with Crippen molar-refractivity contribution < 1.29 is 24.2 Å². The third-order valence-electron chi connectivity index (χ3n) is 6.27. The Bertz CT molecular complexity index is 688. The van der Waals surface area contributed by atoms with Gasteiger partial charge in [-0.15, -0.1) is 0 Å². The van der Waals surface area contributed by atoms with Crippen molar-refractivity contribution in [1.82, 2.24) is 0 Å². The fourth-order valence-corrected chi connectivity index (χ4v) is 4.66. The number of aliphatic hydroxyl groups is 1. The maximum absolute atomic E-state index is 12.3. The monoisotopic (exact) mass is 346 g/mol. The minimum Gasteiger partial charge on any atom is -0.458 e. The van der Waals surface area contributed by atoms with Gasteiger partial charge in [-0.3, -0.25) is 0 Å². The highest BCUT2D eigenvalue weighted by atomic mass is 16.6. The molecular weight excluding hydrogens is 320 g/mol. The van der Waals surface area contributed by atoms with Crippen LogP contribution in [0.5, 0.6) is 0 Å². The molecule has 0 aromatic rings. The molecular formula is C20H26O5. The van der Waals surface area contributed by atoms with Gasteiger partial charge in [0.2, 0.25) is 0 Å². The number of hydrogen-bond donors (Lipinski definition) is 1. The number of esters is 2. The number of carbonyl (C=O) groups excluding carboxylic acids is 2. The Morgan fingerprint density at radius 1 is 1.52 bits per heavy atom. The van der Waals surface area contributed by atoms with Crippen LogP contribution in [0.15, 0.2) is 35.5 Å². The standard InChI is InChI=1S/C20H26O5/c1-6-10(2)18(22)24-13-9-20(5)14(21)8-7-11(3)16(20)17-15(13)12(4)19(23)25-17/h6-7,13-17,21H,4,8-9H2,1-3,5H3/b10-6+/t13-,14-,15+,16+,17-,20-/m0/s1. The summed E-state index contributed by atoms with van der Waals surface area (Å²) in [5, 5.41) is 10.7. The predicted molar refractivity (Wildman–Crippen MR) is 92.4 cm³/mol. The molecule has 0 aromatic heterocycles. The first-order chi connectivity index (χ1) is 11.7. The number of rotatable bonds is 2. The topological polar surface area (TPSA) is 72.8 Å². The molecule has 1 heterocycles. The maximum Gasteiger partial charge on any atom is 0.334 e. The summed E-state index contributed by atoms with van der Waals surface area (Å²) < 4.78 is 11.4. The predicted octanol–water partition coefficient (Wildman–Crippen LogP) is 2.70. The number of hydrogen-bond acceptors (Lipinski definition) is 5. The highest BCUT2D eigenvalue weighted by Gasteiger charge is 2.61. The molecule has 2 aliphatic carbocycles. The molecule has 1 aliphatic heterocycles. The van der Waals surface area contributed by atoms with Crippen LogP contribution in [0.4, 0.5) is 0 Å². The average Bonchev–Trinajstić information content (AvgIpc) is 2.85. The van der Waals surface area contributed by atoms with Gasteiger partial charge in [0.05, 0.1) is 12.0 Å². The molecule has 0 bridgehead atoms. The quantitative estimate of drug-likeness (QED) is 0.473. The molecule has 0 amide bonds. The van der Waals surface area contributed by atoms with E-state index in [1.807, 2.05) is 19.9 Å². The summed E-state index contributed by atoms with van der Waals surface area (Å²) in [4.78, 5) is 24.5. The van der Waals surface area contributed by atoms with Gasteiger partial charge in [-0.05, 0) is 33.6 Å². The van der Waals surface area contributed by atoms with E-state index in [1.54, 1.807) is 19.9 Å². The zero-order valence-electron chi connectivity index (χ0n) is 15.2. The first kappa shape index (κ1) is 17.9. The highest BCUT2D eigenvalue weighted by Crippen LogP contribution is 2.56. The van der Waals surface area contributed by atoms with E-state index in [2.05, 4.69) is 6.58 Å². The average molecular weight is 346 g/mol. The molecule has 1 saturated carbocycles. The molecule has 25 heavy (non-hydrogen) atoms. The molecule has 1 saturated heterocycles. The van der Waals surface area contributed by atoms with Gasteiger partial charge < -0.3 is 14.6 Å². The van der Waals surface area contributed by atoms with Gasteiger partial charge in [0.1, 0.15) is 12.2 Å². The molecule has 3 aliphatic rings. The van der Waals surface area contributed by atoms with E-state index in [0.29, 0.717) is 24.0 Å². The first-order valence-corrected chi connectivity index (χ1v) is 8.79. The van der Waals surface area contributed by atoms with Crippen LogP contribution in [0.2, 0.25) is 0 Å². The smallest absolute Gasteiger partial charge is 0.334 e. The number of aliphatic hydroxyl groups excluding tert-OH is 1. The minimum atomic E-state index is -0.571. The van der Waals surface area contributed by atoms with Crippen molar-refractivity contribution in [2.75, 3.05) is 0 Å². The Morgan fingerprint density at radius 2 is 2.20 bits per heavy atom. The van der Waals surface area contributed by atoms with E-state index in [1.165, 1.54) is 0 Å². The second-order valence-corrected chi connectivity index (χ2v) is 7.72. The minimum absolute atomic E-state index is 0.0952. The van der Waals surface area contributed by atoms with Crippen molar-refractivity contribution >= 4 is 11.9 Å². The van der Waals surface area contributed by atoms with Crippen LogP contribution in [0.25, 0.3) is 0 Å². The van der Waals surface area contributed by atoms with Crippen molar-refractivity contribution in [3.63, 3.8) is 0 Å². The zero-order valence-corrected chi connectivity index (χ0v) is 15.2. The molecule has 2 fully saturated rings. The number of allylic oxidation sites excluding steroid dienone is 1. The molecule has 0 radical (unpaired) electrons. The van der Waals surface area contributed by atoms with Crippen molar-refractivity contribution in [2.24, 2.45) is 17.3 Å². The van der Waals surface area contributed by atoms with Gasteiger partial charge >= 0.3 is 11.9 Å². The van der Waals surface area contributed by atoms with Crippen LogP contribution in [0.1, 0.15) is 40.5 Å². The molecule has 5 heteroatoms.